The molecule has 1 aromatic carbocycles. The summed E-state index contributed by atoms with van der Waals surface area (Å²) in [5.74, 6) is 0.504. The fourth-order valence-corrected chi connectivity index (χ4v) is 2.42. The molecule has 1 unspecified atom stereocenters. The van der Waals surface area contributed by atoms with Crippen molar-refractivity contribution in [2.45, 2.75) is 34.1 Å². The van der Waals surface area contributed by atoms with Crippen LogP contribution < -0.4 is 5.73 Å². The molecule has 0 spiro atoms. The van der Waals surface area contributed by atoms with Gasteiger partial charge in [0, 0.05) is 13.6 Å². The molecule has 0 aliphatic carbocycles. The Labute approximate surface area is 116 Å². The van der Waals surface area contributed by atoms with E-state index in [4.69, 9.17) is 5.73 Å². The van der Waals surface area contributed by atoms with Gasteiger partial charge in [-0.05, 0) is 49.9 Å². The predicted molar refractivity (Wildman–Crippen MR) is 80.2 cm³/mol. The lowest BCUT2D eigenvalue weighted by Crippen LogP contribution is -2.34. The highest BCUT2D eigenvalue weighted by Crippen LogP contribution is 2.17. The summed E-state index contributed by atoms with van der Waals surface area (Å²) in [5.41, 5.74) is 10.4. The standard InChI is InChI=1S/C16H26N2O/c1-11-6-13(3)15(14(4)7-11)8-16(19)18(5)10-12(2)9-17/h6-7,12H,8-10,17H2,1-5H3. The minimum Gasteiger partial charge on any atom is -0.345 e. The van der Waals surface area contributed by atoms with E-state index in [1.807, 2.05) is 7.05 Å². The van der Waals surface area contributed by atoms with Crippen LogP contribution in [0.2, 0.25) is 0 Å². The van der Waals surface area contributed by atoms with E-state index in [9.17, 15) is 4.79 Å². The third-order valence-corrected chi connectivity index (χ3v) is 3.58. The molecule has 0 aliphatic rings. The molecule has 0 saturated carbocycles. The molecule has 106 valence electrons. The van der Waals surface area contributed by atoms with Crippen LogP contribution in [0.15, 0.2) is 12.1 Å². The van der Waals surface area contributed by atoms with E-state index in [1.165, 1.54) is 16.7 Å². The Hall–Kier alpha value is -1.35. The van der Waals surface area contributed by atoms with E-state index in [2.05, 4.69) is 39.8 Å². The molecule has 1 amide bonds. The summed E-state index contributed by atoms with van der Waals surface area (Å²) in [6, 6.07) is 4.27. The second-order valence-corrected chi connectivity index (χ2v) is 5.67. The van der Waals surface area contributed by atoms with Gasteiger partial charge in [0.25, 0.3) is 0 Å². The maximum absolute atomic E-state index is 12.2. The van der Waals surface area contributed by atoms with Crippen molar-refractivity contribution in [3.63, 3.8) is 0 Å². The first-order chi connectivity index (χ1) is 8.85. The molecule has 19 heavy (non-hydrogen) atoms. The molecule has 0 heterocycles. The van der Waals surface area contributed by atoms with Crippen molar-refractivity contribution >= 4 is 5.91 Å². The van der Waals surface area contributed by atoms with Crippen LogP contribution in [0.3, 0.4) is 0 Å². The van der Waals surface area contributed by atoms with Gasteiger partial charge in [-0.15, -0.1) is 0 Å². The number of rotatable bonds is 5. The largest absolute Gasteiger partial charge is 0.345 e. The number of hydrogen-bond donors (Lipinski definition) is 1. The number of carbonyl (C=O) groups is 1. The molecule has 0 fully saturated rings. The van der Waals surface area contributed by atoms with E-state index < -0.39 is 0 Å². The highest BCUT2D eigenvalue weighted by atomic mass is 16.2. The summed E-state index contributed by atoms with van der Waals surface area (Å²) in [6.45, 7) is 9.63. The van der Waals surface area contributed by atoms with Gasteiger partial charge in [-0.3, -0.25) is 4.79 Å². The van der Waals surface area contributed by atoms with Gasteiger partial charge < -0.3 is 10.6 Å². The van der Waals surface area contributed by atoms with Gasteiger partial charge in [-0.2, -0.15) is 0 Å². The molecule has 1 rings (SSSR count). The van der Waals surface area contributed by atoms with Crippen LogP contribution in [0.25, 0.3) is 0 Å². The SMILES string of the molecule is Cc1cc(C)c(CC(=O)N(C)CC(C)CN)c(C)c1. The Balaban J connectivity index is 2.77. The molecular weight excluding hydrogens is 236 g/mol. The highest BCUT2D eigenvalue weighted by molar-refractivity contribution is 5.79. The summed E-state index contributed by atoms with van der Waals surface area (Å²) in [4.78, 5) is 14.0. The number of hydrogen-bond acceptors (Lipinski definition) is 2. The average molecular weight is 262 g/mol. The molecule has 0 radical (unpaired) electrons. The van der Waals surface area contributed by atoms with Crippen LogP contribution in [-0.2, 0) is 11.2 Å². The van der Waals surface area contributed by atoms with E-state index in [0.717, 1.165) is 12.1 Å². The Bertz CT molecular complexity index is 431. The summed E-state index contributed by atoms with van der Waals surface area (Å²) in [5, 5.41) is 0. The van der Waals surface area contributed by atoms with Crippen molar-refractivity contribution in [2.75, 3.05) is 20.1 Å². The van der Waals surface area contributed by atoms with Gasteiger partial charge in [0.1, 0.15) is 0 Å². The number of nitrogens with two attached hydrogens (primary N) is 1. The molecule has 1 atom stereocenters. The van der Waals surface area contributed by atoms with Gasteiger partial charge in [0.05, 0.1) is 6.42 Å². The number of amides is 1. The summed E-state index contributed by atoms with van der Waals surface area (Å²) in [6.07, 6.45) is 0.478. The molecule has 0 bridgehead atoms. The fraction of sp³-hybridized carbons (Fsp3) is 0.562. The molecule has 2 N–H and O–H groups in total. The number of likely N-dealkylation sites (N-methyl/N-ethyl adjacent to an activating group) is 1. The van der Waals surface area contributed by atoms with E-state index in [1.54, 1.807) is 4.90 Å². The lowest BCUT2D eigenvalue weighted by atomic mass is 9.97. The van der Waals surface area contributed by atoms with Crippen LogP contribution in [0.1, 0.15) is 29.2 Å². The van der Waals surface area contributed by atoms with Crippen molar-refractivity contribution in [3.8, 4) is 0 Å². The Kier molecular flexibility index (Phi) is 5.55. The first-order valence-corrected chi connectivity index (χ1v) is 6.86. The first-order valence-electron chi connectivity index (χ1n) is 6.86. The number of carbonyl (C=O) groups excluding carboxylic acids is 1. The van der Waals surface area contributed by atoms with E-state index >= 15 is 0 Å². The van der Waals surface area contributed by atoms with Crippen molar-refractivity contribution < 1.29 is 4.79 Å². The smallest absolute Gasteiger partial charge is 0.226 e. The zero-order valence-corrected chi connectivity index (χ0v) is 12.8. The van der Waals surface area contributed by atoms with Crippen LogP contribution in [0.5, 0.6) is 0 Å². The van der Waals surface area contributed by atoms with Crippen LogP contribution in [-0.4, -0.2) is 30.9 Å². The third-order valence-electron chi connectivity index (χ3n) is 3.58. The molecule has 0 aromatic heterocycles. The maximum atomic E-state index is 12.2. The first kappa shape index (κ1) is 15.7. The second kappa shape index (κ2) is 6.71. The topological polar surface area (TPSA) is 46.3 Å². The monoisotopic (exact) mass is 262 g/mol. The van der Waals surface area contributed by atoms with Crippen LogP contribution in [0, 0.1) is 26.7 Å². The minimum atomic E-state index is 0.162. The van der Waals surface area contributed by atoms with Gasteiger partial charge in [-0.25, -0.2) is 0 Å². The van der Waals surface area contributed by atoms with Gasteiger partial charge in [0.15, 0.2) is 0 Å². The van der Waals surface area contributed by atoms with Crippen molar-refractivity contribution in [3.05, 3.63) is 34.4 Å². The fourth-order valence-electron chi connectivity index (χ4n) is 2.42. The summed E-state index contributed by atoms with van der Waals surface area (Å²) >= 11 is 0. The van der Waals surface area contributed by atoms with Gasteiger partial charge in [0.2, 0.25) is 5.91 Å². The second-order valence-electron chi connectivity index (χ2n) is 5.67. The normalized spacial score (nSPS) is 12.3. The number of aryl methyl sites for hydroxylation is 3. The Morgan fingerprint density at radius 1 is 1.26 bits per heavy atom. The maximum Gasteiger partial charge on any atom is 0.226 e. The molecule has 3 heteroatoms. The predicted octanol–water partition coefficient (Wildman–Crippen LogP) is 2.21. The van der Waals surface area contributed by atoms with Gasteiger partial charge >= 0.3 is 0 Å². The lowest BCUT2D eigenvalue weighted by molar-refractivity contribution is -0.129. The highest BCUT2D eigenvalue weighted by Gasteiger charge is 2.14. The summed E-state index contributed by atoms with van der Waals surface area (Å²) in [7, 11) is 1.85. The van der Waals surface area contributed by atoms with Crippen LogP contribution in [0.4, 0.5) is 0 Å². The third kappa shape index (κ3) is 4.35. The van der Waals surface area contributed by atoms with E-state index in [0.29, 0.717) is 18.9 Å². The van der Waals surface area contributed by atoms with E-state index in [-0.39, 0.29) is 5.91 Å². The minimum absolute atomic E-state index is 0.162. The van der Waals surface area contributed by atoms with Crippen molar-refractivity contribution in [1.29, 1.82) is 0 Å². The van der Waals surface area contributed by atoms with Gasteiger partial charge in [-0.1, -0.05) is 24.6 Å². The Morgan fingerprint density at radius 3 is 2.26 bits per heavy atom. The molecular formula is C16H26N2O. The van der Waals surface area contributed by atoms with Crippen LogP contribution >= 0.6 is 0 Å². The molecule has 3 nitrogen and oxygen atoms in total. The van der Waals surface area contributed by atoms with Crippen molar-refractivity contribution in [2.24, 2.45) is 11.7 Å². The zero-order chi connectivity index (χ0) is 14.6. The Morgan fingerprint density at radius 2 is 1.79 bits per heavy atom. The number of benzene rings is 1. The molecule has 1 aromatic rings. The molecule has 0 saturated heterocycles. The summed E-state index contributed by atoms with van der Waals surface area (Å²) < 4.78 is 0. The lowest BCUT2D eigenvalue weighted by Gasteiger charge is -2.22. The average Bonchev–Trinajstić information content (AvgIpc) is 2.32. The quantitative estimate of drug-likeness (QED) is 0.884. The zero-order valence-electron chi connectivity index (χ0n) is 12.8. The number of nitrogens with zero attached hydrogens (tertiary/aromatic N) is 1. The molecule has 0 aliphatic heterocycles. The van der Waals surface area contributed by atoms with Crippen molar-refractivity contribution in [1.82, 2.24) is 4.90 Å².